The number of Topliss-reactive ketones (excluding diaryl/α,β-unsaturated/α-hetero) is 2. The fraction of sp³-hybridized carbons (Fsp3) is 0.222. The highest BCUT2D eigenvalue weighted by atomic mass is 16.3. The molecular weight excluding hydrogens is 308 g/mol. The average Bonchev–Trinajstić information content (AvgIpc) is 2.47. The molecule has 0 saturated heterocycles. The number of aliphatic imine (C=N–C) groups is 2. The fourth-order valence-corrected chi connectivity index (χ4v) is 1.83. The zero-order valence-corrected chi connectivity index (χ0v) is 14.1. The quantitative estimate of drug-likeness (QED) is 0.469. The van der Waals surface area contributed by atoms with Crippen molar-refractivity contribution in [2.24, 2.45) is 9.98 Å². The second-order valence-corrected chi connectivity index (χ2v) is 5.12. The van der Waals surface area contributed by atoms with E-state index >= 15 is 0 Å². The summed E-state index contributed by atoms with van der Waals surface area (Å²) >= 11 is 0. The Kier molecular flexibility index (Phi) is 6.79. The van der Waals surface area contributed by atoms with Gasteiger partial charge in [0.15, 0.2) is 11.6 Å². The zero-order chi connectivity index (χ0) is 18.3. The van der Waals surface area contributed by atoms with Crippen LogP contribution in [0.4, 0.5) is 11.4 Å². The van der Waals surface area contributed by atoms with E-state index in [4.69, 9.17) is 0 Å². The van der Waals surface area contributed by atoms with Crippen molar-refractivity contribution in [1.29, 1.82) is 0 Å². The Morgan fingerprint density at radius 1 is 0.792 bits per heavy atom. The lowest BCUT2D eigenvalue weighted by Crippen LogP contribution is -2.01. The number of nitrogens with zero attached hydrogens (tertiary/aromatic N) is 2. The first-order chi connectivity index (χ1) is 11.2. The highest BCUT2D eigenvalue weighted by Crippen LogP contribution is 2.27. The van der Waals surface area contributed by atoms with E-state index in [2.05, 4.69) is 9.98 Å². The van der Waals surface area contributed by atoms with Crippen molar-refractivity contribution in [3.05, 3.63) is 46.9 Å². The minimum absolute atomic E-state index is 0.101. The number of aliphatic hydroxyl groups is 2. The molecule has 0 aromatic heterocycles. The molecule has 1 aromatic carbocycles. The van der Waals surface area contributed by atoms with Crippen molar-refractivity contribution >= 4 is 35.4 Å². The molecule has 126 valence electrons. The molecule has 0 bridgehead atoms. The van der Waals surface area contributed by atoms with Crippen molar-refractivity contribution in [2.75, 3.05) is 0 Å². The molecule has 2 N–H and O–H groups in total. The number of aliphatic hydroxyl groups excluding tert-OH is 2. The van der Waals surface area contributed by atoms with E-state index in [1.807, 2.05) is 0 Å². The highest BCUT2D eigenvalue weighted by Gasteiger charge is 2.07. The first kappa shape index (κ1) is 19.0. The van der Waals surface area contributed by atoms with Crippen LogP contribution in [0.15, 0.2) is 56.9 Å². The van der Waals surface area contributed by atoms with Gasteiger partial charge >= 0.3 is 0 Å². The standard InChI is InChI=1S/C18H20N2O4/c1-11(21)15(12(2)22)9-19-17-7-5-6-8-18(17)20-10-16(13(3)23)14(4)24/h5-10,21,23H,1-4H3/b15-11-,16-13-,19-9?,20-10?. The van der Waals surface area contributed by atoms with Crippen LogP contribution in [0.25, 0.3) is 0 Å². The van der Waals surface area contributed by atoms with E-state index in [9.17, 15) is 19.8 Å². The molecule has 0 heterocycles. The summed E-state index contributed by atoms with van der Waals surface area (Å²) in [7, 11) is 0. The Bertz CT molecular complexity index is 698. The van der Waals surface area contributed by atoms with Gasteiger partial charge in [0.25, 0.3) is 0 Å². The van der Waals surface area contributed by atoms with Gasteiger partial charge < -0.3 is 10.2 Å². The van der Waals surface area contributed by atoms with Crippen LogP contribution < -0.4 is 0 Å². The third-order valence-corrected chi connectivity index (χ3v) is 3.09. The van der Waals surface area contributed by atoms with Crippen molar-refractivity contribution < 1.29 is 19.8 Å². The Balaban J connectivity index is 3.23. The molecule has 0 fully saturated rings. The van der Waals surface area contributed by atoms with Crippen LogP contribution >= 0.6 is 0 Å². The molecular formula is C18H20N2O4. The fourth-order valence-electron chi connectivity index (χ4n) is 1.83. The van der Waals surface area contributed by atoms with Gasteiger partial charge in [-0.2, -0.15) is 0 Å². The molecule has 0 radical (unpaired) electrons. The monoisotopic (exact) mass is 328 g/mol. The lowest BCUT2D eigenvalue weighted by molar-refractivity contribution is -0.114. The predicted molar refractivity (Wildman–Crippen MR) is 94.8 cm³/mol. The van der Waals surface area contributed by atoms with Crippen LogP contribution in [0.1, 0.15) is 27.7 Å². The minimum Gasteiger partial charge on any atom is -0.512 e. The molecule has 0 aliphatic rings. The Labute approximate surface area is 140 Å². The van der Waals surface area contributed by atoms with E-state index in [0.29, 0.717) is 11.4 Å². The maximum absolute atomic E-state index is 11.4. The van der Waals surface area contributed by atoms with Gasteiger partial charge in [-0.05, 0) is 39.8 Å². The zero-order valence-electron chi connectivity index (χ0n) is 14.1. The smallest absolute Gasteiger partial charge is 0.164 e. The van der Waals surface area contributed by atoms with Crippen molar-refractivity contribution in [1.82, 2.24) is 0 Å². The second kappa shape index (κ2) is 8.57. The summed E-state index contributed by atoms with van der Waals surface area (Å²) in [5, 5.41) is 19.0. The van der Waals surface area contributed by atoms with Crippen LogP contribution in [0.3, 0.4) is 0 Å². The summed E-state index contributed by atoms with van der Waals surface area (Å²) in [5.41, 5.74) is 1.10. The number of carbonyl (C=O) groups is 2. The van der Waals surface area contributed by atoms with Gasteiger partial charge in [0.1, 0.15) is 11.5 Å². The van der Waals surface area contributed by atoms with Crippen LogP contribution in [0.5, 0.6) is 0 Å². The van der Waals surface area contributed by atoms with Crippen LogP contribution in [-0.4, -0.2) is 34.2 Å². The van der Waals surface area contributed by atoms with Gasteiger partial charge in [-0.3, -0.25) is 19.6 Å². The number of allylic oxidation sites excluding steroid dienone is 4. The minimum atomic E-state index is -0.308. The Morgan fingerprint density at radius 3 is 1.38 bits per heavy atom. The van der Waals surface area contributed by atoms with Gasteiger partial charge in [-0.25, -0.2) is 0 Å². The van der Waals surface area contributed by atoms with Gasteiger partial charge in [0, 0.05) is 12.4 Å². The van der Waals surface area contributed by atoms with Crippen molar-refractivity contribution in [3.63, 3.8) is 0 Å². The highest BCUT2D eigenvalue weighted by molar-refractivity contribution is 6.14. The lowest BCUT2D eigenvalue weighted by atomic mass is 10.1. The summed E-state index contributed by atoms with van der Waals surface area (Å²) < 4.78 is 0. The van der Waals surface area contributed by atoms with E-state index in [1.165, 1.54) is 40.1 Å². The molecule has 24 heavy (non-hydrogen) atoms. The summed E-state index contributed by atoms with van der Waals surface area (Å²) in [4.78, 5) is 31.2. The number of ketones is 2. The Hall–Kier alpha value is -3.02. The van der Waals surface area contributed by atoms with Crippen LogP contribution in [-0.2, 0) is 9.59 Å². The molecule has 0 aliphatic carbocycles. The largest absolute Gasteiger partial charge is 0.512 e. The normalized spacial score (nSPS) is 13.8. The third kappa shape index (κ3) is 5.31. The molecule has 0 aliphatic heterocycles. The van der Waals surface area contributed by atoms with Gasteiger partial charge in [-0.15, -0.1) is 0 Å². The van der Waals surface area contributed by atoms with E-state index in [-0.39, 0.29) is 34.2 Å². The first-order valence-electron chi connectivity index (χ1n) is 7.22. The summed E-state index contributed by atoms with van der Waals surface area (Å²) in [6.45, 7) is 5.47. The predicted octanol–water partition coefficient (Wildman–Crippen LogP) is 3.93. The number of rotatable bonds is 6. The summed E-state index contributed by atoms with van der Waals surface area (Å²) in [5.74, 6) is -0.857. The number of carbonyl (C=O) groups excluding carboxylic acids is 2. The molecule has 0 spiro atoms. The second-order valence-electron chi connectivity index (χ2n) is 5.12. The average molecular weight is 328 g/mol. The number of hydrogen-bond acceptors (Lipinski definition) is 6. The van der Waals surface area contributed by atoms with E-state index in [1.54, 1.807) is 24.3 Å². The molecule has 0 atom stereocenters. The van der Waals surface area contributed by atoms with Crippen LogP contribution in [0, 0.1) is 0 Å². The molecule has 1 aromatic rings. The molecule has 0 saturated carbocycles. The summed E-state index contributed by atoms with van der Waals surface area (Å²) in [6, 6.07) is 6.84. The van der Waals surface area contributed by atoms with Crippen molar-refractivity contribution in [2.45, 2.75) is 27.7 Å². The summed E-state index contributed by atoms with van der Waals surface area (Å²) in [6.07, 6.45) is 2.54. The third-order valence-electron chi connectivity index (χ3n) is 3.09. The topological polar surface area (TPSA) is 99.3 Å². The molecule has 6 nitrogen and oxygen atoms in total. The molecule has 0 amide bonds. The maximum Gasteiger partial charge on any atom is 0.164 e. The van der Waals surface area contributed by atoms with Gasteiger partial charge in [0.05, 0.1) is 22.5 Å². The SMILES string of the molecule is CC(=O)/C(C=Nc1ccccc1N=C/C(C(C)=O)=C(\C)O)=C(/C)O. The van der Waals surface area contributed by atoms with E-state index < -0.39 is 0 Å². The first-order valence-corrected chi connectivity index (χ1v) is 7.22. The number of benzene rings is 1. The maximum atomic E-state index is 11.4. The Morgan fingerprint density at radius 2 is 1.12 bits per heavy atom. The van der Waals surface area contributed by atoms with Gasteiger partial charge in [-0.1, -0.05) is 12.1 Å². The number of para-hydroxylation sites is 2. The molecule has 0 unspecified atom stereocenters. The van der Waals surface area contributed by atoms with Crippen LogP contribution in [0.2, 0.25) is 0 Å². The molecule has 6 heteroatoms. The van der Waals surface area contributed by atoms with Gasteiger partial charge in [0.2, 0.25) is 0 Å². The lowest BCUT2D eigenvalue weighted by Gasteiger charge is -2.02. The van der Waals surface area contributed by atoms with E-state index in [0.717, 1.165) is 0 Å². The number of hydrogen-bond donors (Lipinski definition) is 2. The van der Waals surface area contributed by atoms with Crippen molar-refractivity contribution in [3.8, 4) is 0 Å². The molecule has 1 rings (SSSR count).